The third-order valence-corrected chi connectivity index (χ3v) is 8.59. The van der Waals surface area contributed by atoms with E-state index < -0.39 is 22.1 Å². The van der Waals surface area contributed by atoms with Gasteiger partial charge in [-0.3, -0.25) is 4.55 Å². The van der Waals surface area contributed by atoms with Gasteiger partial charge < -0.3 is 9.47 Å². The highest BCUT2D eigenvalue weighted by molar-refractivity contribution is 7.86. The van der Waals surface area contributed by atoms with Crippen molar-refractivity contribution in [2.45, 2.75) is 80.9 Å². The molecule has 0 heterocycles. The number of hydrogen-bond acceptors (Lipinski definition) is 6. The van der Waals surface area contributed by atoms with Crippen LogP contribution in [0.4, 0.5) is 0 Å². The highest BCUT2D eigenvalue weighted by Gasteiger charge is 2.31. The van der Waals surface area contributed by atoms with Crippen molar-refractivity contribution in [3.05, 3.63) is 52.6 Å². The summed E-state index contributed by atoms with van der Waals surface area (Å²) in [6.07, 6.45) is 9.64. The van der Waals surface area contributed by atoms with Crippen LogP contribution in [0.2, 0.25) is 0 Å². The van der Waals surface area contributed by atoms with Crippen molar-refractivity contribution in [1.29, 1.82) is 0 Å². The summed E-state index contributed by atoms with van der Waals surface area (Å²) < 4.78 is 45.8. The molecular formula is C28H34O7S. The summed E-state index contributed by atoms with van der Waals surface area (Å²) in [7, 11) is -1.91. The number of carbonyl (C=O) groups excluding carboxylic acids is 2. The highest BCUT2D eigenvalue weighted by Crippen LogP contribution is 2.44. The second kappa shape index (κ2) is 11.1. The first-order chi connectivity index (χ1) is 17.2. The Bertz CT molecular complexity index is 1160. The molecule has 0 unspecified atom stereocenters. The van der Waals surface area contributed by atoms with Gasteiger partial charge in [0, 0.05) is 0 Å². The Morgan fingerprint density at radius 2 is 1.08 bits per heavy atom. The first-order valence-corrected chi connectivity index (χ1v) is 14.1. The van der Waals surface area contributed by atoms with Crippen LogP contribution in [0.3, 0.4) is 0 Å². The molecule has 0 bridgehead atoms. The van der Waals surface area contributed by atoms with Gasteiger partial charge in [0.15, 0.2) is 0 Å². The Morgan fingerprint density at radius 1 is 0.694 bits per heavy atom. The number of hydrogen-bond donors (Lipinski definition) is 1. The van der Waals surface area contributed by atoms with E-state index in [1.54, 1.807) is 12.1 Å². The predicted octanol–water partition coefficient (Wildman–Crippen LogP) is 6.27. The average molecular weight is 515 g/mol. The van der Waals surface area contributed by atoms with E-state index in [0.29, 0.717) is 22.3 Å². The minimum atomic E-state index is -4.46. The average Bonchev–Trinajstić information content (AvgIpc) is 2.91. The Hall–Kier alpha value is -2.71. The molecule has 0 aliphatic heterocycles. The van der Waals surface area contributed by atoms with E-state index in [-0.39, 0.29) is 27.9 Å². The number of methoxy groups -OCH3 is 2. The highest BCUT2D eigenvalue weighted by atomic mass is 32.2. The fraction of sp³-hybridized carbons (Fsp3) is 0.500. The number of carbonyl (C=O) groups is 2. The van der Waals surface area contributed by atoms with Crippen molar-refractivity contribution in [2.24, 2.45) is 0 Å². The van der Waals surface area contributed by atoms with Gasteiger partial charge in [0.05, 0.1) is 25.3 Å². The lowest BCUT2D eigenvalue weighted by molar-refractivity contribution is 0.0599. The fourth-order valence-corrected chi connectivity index (χ4v) is 6.89. The molecule has 8 heteroatoms. The van der Waals surface area contributed by atoms with Crippen LogP contribution in [0.1, 0.15) is 108 Å². The minimum absolute atomic E-state index is 0.0156. The Balaban J connectivity index is 1.98. The molecule has 2 aromatic carbocycles. The molecule has 0 aromatic heterocycles. The summed E-state index contributed by atoms with van der Waals surface area (Å²) in [5.74, 6) is -1.14. The van der Waals surface area contributed by atoms with Gasteiger partial charge in [-0.15, -0.1) is 0 Å². The molecule has 2 aromatic rings. The lowest BCUT2D eigenvalue weighted by Crippen LogP contribution is -2.17. The van der Waals surface area contributed by atoms with Crippen LogP contribution in [0.5, 0.6) is 0 Å². The molecule has 194 valence electrons. The summed E-state index contributed by atoms with van der Waals surface area (Å²) in [5.41, 5.74) is 2.98. The Morgan fingerprint density at radius 3 is 1.44 bits per heavy atom. The van der Waals surface area contributed by atoms with E-state index in [2.05, 4.69) is 0 Å². The SMILES string of the molecule is COC(=O)c1cc(C(=O)OC)cc(-c2cc(C3CCCCC3)c(S(=O)(=O)O)c(C3CCCCC3)c2)c1. The molecule has 36 heavy (non-hydrogen) atoms. The molecule has 0 saturated heterocycles. The largest absolute Gasteiger partial charge is 0.465 e. The smallest absolute Gasteiger partial charge is 0.337 e. The molecule has 1 N–H and O–H groups in total. The van der Waals surface area contributed by atoms with Gasteiger partial charge in [-0.1, -0.05) is 38.5 Å². The van der Waals surface area contributed by atoms with Crippen molar-refractivity contribution in [1.82, 2.24) is 0 Å². The summed E-state index contributed by atoms with van der Waals surface area (Å²) in [4.78, 5) is 24.8. The summed E-state index contributed by atoms with van der Waals surface area (Å²) >= 11 is 0. The maximum atomic E-state index is 12.8. The van der Waals surface area contributed by atoms with Crippen molar-refractivity contribution in [2.75, 3.05) is 14.2 Å². The monoisotopic (exact) mass is 514 g/mol. The molecule has 0 spiro atoms. The normalized spacial score (nSPS) is 17.5. The van der Waals surface area contributed by atoms with Crippen LogP contribution < -0.4 is 0 Å². The van der Waals surface area contributed by atoms with Gasteiger partial charge >= 0.3 is 11.9 Å². The first kappa shape index (κ1) is 26.4. The lowest BCUT2D eigenvalue weighted by atomic mass is 9.78. The van der Waals surface area contributed by atoms with E-state index in [0.717, 1.165) is 64.2 Å². The van der Waals surface area contributed by atoms with E-state index >= 15 is 0 Å². The summed E-state index contributed by atoms with van der Waals surface area (Å²) in [6.45, 7) is 0. The van der Waals surface area contributed by atoms with Crippen LogP contribution >= 0.6 is 0 Å². The second-order valence-corrected chi connectivity index (χ2v) is 11.3. The first-order valence-electron chi connectivity index (χ1n) is 12.7. The topological polar surface area (TPSA) is 107 Å². The third-order valence-electron chi connectivity index (χ3n) is 7.60. The molecule has 2 fully saturated rings. The fourth-order valence-electron chi connectivity index (χ4n) is 5.84. The van der Waals surface area contributed by atoms with Gasteiger partial charge in [0.1, 0.15) is 4.90 Å². The van der Waals surface area contributed by atoms with Crippen LogP contribution in [-0.4, -0.2) is 39.1 Å². The number of ether oxygens (including phenoxy) is 2. The third kappa shape index (κ3) is 5.65. The molecule has 4 rings (SSSR count). The molecule has 0 atom stereocenters. The van der Waals surface area contributed by atoms with Crippen LogP contribution in [0.15, 0.2) is 35.2 Å². The van der Waals surface area contributed by atoms with Crippen LogP contribution in [0, 0.1) is 0 Å². The Labute approximate surface area is 212 Å². The van der Waals surface area contributed by atoms with Crippen molar-refractivity contribution in [3.8, 4) is 11.1 Å². The molecular weight excluding hydrogens is 480 g/mol. The van der Waals surface area contributed by atoms with Gasteiger partial charge in [-0.05, 0) is 90.1 Å². The van der Waals surface area contributed by atoms with E-state index in [9.17, 15) is 22.6 Å². The van der Waals surface area contributed by atoms with E-state index in [1.165, 1.54) is 20.3 Å². The molecule has 2 aliphatic carbocycles. The number of rotatable bonds is 6. The zero-order valence-corrected chi connectivity index (χ0v) is 21.7. The second-order valence-electron chi connectivity index (χ2n) is 9.91. The van der Waals surface area contributed by atoms with Crippen molar-refractivity contribution >= 4 is 22.1 Å². The number of esters is 2. The van der Waals surface area contributed by atoms with Gasteiger partial charge in [0.2, 0.25) is 0 Å². The molecule has 2 saturated carbocycles. The predicted molar refractivity (Wildman–Crippen MR) is 136 cm³/mol. The molecule has 2 aliphatic rings. The van der Waals surface area contributed by atoms with Crippen LogP contribution in [0.25, 0.3) is 11.1 Å². The Kier molecular flexibility index (Phi) is 8.15. The molecule has 0 amide bonds. The van der Waals surface area contributed by atoms with Crippen molar-refractivity contribution < 1.29 is 32.0 Å². The quantitative estimate of drug-likeness (QED) is 0.358. The summed E-state index contributed by atoms with van der Waals surface area (Å²) in [6, 6.07) is 8.37. The maximum absolute atomic E-state index is 12.8. The number of benzene rings is 2. The van der Waals surface area contributed by atoms with Crippen LogP contribution in [-0.2, 0) is 19.6 Å². The van der Waals surface area contributed by atoms with Gasteiger partial charge in [-0.25, -0.2) is 9.59 Å². The zero-order chi connectivity index (χ0) is 25.9. The van der Waals surface area contributed by atoms with Gasteiger partial charge in [0.25, 0.3) is 10.1 Å². The van der Waals surface area contributed by atoms with Crippen molar-refractivity contribution in [3.63, 3.8) is 0 Å². The molecule has 7 nitrogen and oxygen atoms in total. The summed E-state index contributed by atoms with van der Waals surface area (Å²) in [5, 5.41) is 0. The van der Waals surface area contributed by atoms with E-state index in [4.69, 9.17) is 9.47 Å². The molecule has 0 radical (unpaired) electrons. The van der Waals surface area contributed by atoms with E-state index in [1.807, 2.05) is 12.1 Å². The standard InChI is InChI=1S/C28H34O7S/c1-34-27(29)22-13-20(14-23(15-22)28(30)35-2)21-16-24(18-9-5-3-6-10-18)26(36(31,32)33)25(17-21)19-11-7-4-8-12-19/h13-19H,3-12H2,1-2H3,(H,31,32,33). The maximum Gasteiger partial charge on any atom is 0.337 e. The lowest BCUT2D eigenvalue weighted by Gasteiger charge is -2.29. The van der Waals surface area contributed by atoms with Gasteiger partial charge in [-0.2, -0.15) is 8.42 Å². The minimum Gasteiger partial charge on any atom is -0.465 e. The zero-order valence-electron chi connectivity index (χ0n) is 20.9.